The van der Waals surface area contributed by atoms with Gasteiger partial charge in [0.25, 0.3) is 0 Å². The van der Waals surface area contributed by atoms with Crippen molar-refractivity contribution < 1.29 is 0 Å². The zero-order valence-electron chi connectivity index (χ0n) is 19.3. The third-order valence-electron chi connectivity index (χ3n) is 6.67. The first-order valence-electron chi connectivity index (χ1n) is 11.8. The van der Waals surface area contributed by atoms with Crippen LogP contribution in [0, 0.1) is 0 Å². The zero-order valence-corrected chi connectivity index (χ0v) is 20.9. The maximum Gasteiger partial charge on any atom is 0.0797 e. The first-order valence-corrected chi connectivity index (χ1v) is 13.5. The van der Waals surface area contributed by atoms with Crippen LogP contribution in [-0.4, -0.2) is 9.97 Å². The maximum absolute atomic E-state index is 4.29. The summed E-state index contributed by atoms with van der Waals surface area (Å²) in [6.07, 6.45) is 3.89. The summed E-state index contributed by atoms with van der Waals surface area (Å²) in [6, 6.07) is 35.3. The standard InChI is InChI=1S/C32H20N2S2/c1-2-12-26-25(11-1)31(23-9-5-7-21(15-23)29-17-33-19-35-29)27-13-3-4-14-28(27)32(26)24-10-6-8-22(16-24)30-18-34-20-36-30/h1-20H. The van der Waals surface area contributed by atoms with E-state index in [2.05, 4.69) is 107 Å². The first-order chi connectivity index (χ1) is 17.9. The lowest BCUT2D eigenvalue weighted by atomic mass is 9.85. The second-order valence-corrected chi connectivity index (χ2v) is 10.5. The minimum atomic E-state index is 1.18. The summed E-state index contributed by atoms with van der Waals surface area (Å²) < 4.78 is 0. The third kappa shape index (κ3) is 3.54. The molecule has 0 spiro atoms. The molecule has 0 aliphatic carbocycles. The van der Waals surface area contributed by atoms with Crippen molar-refractivity contribution in [2.75, 3.05) is 0 Å². The van der Waals surface area contributed by atoms with Crippen molar-refractivity contribution in [3.8, 4) is 43.1 Å². The highest BCUT2D eigenvalue weighted by atomic mass is 32.1. The van der Waals surface area contributed by atoms with Crippen LogP contribution in [0.15, 0.2) is 120 Å². The third-order valence-corrected chi connectivity index (χ3v) is 8.31. The van der Waals surface area contributed by atoms with Gasteiger partial charge in [-0.25, -0.2) is 0 Å². The predicted octanol–water partition coefficient (Wildman–Crippen LogP) is 9.57. The molecule has 0 aliphatic heterocycles. The van der Waals surface area contributed by atoms with Crippen molar-refractivity contribution in [3.63, 3.8) is 0 Å². The molecule has 0 N–H and O–H groups in total. The Morgan fingerprint density at radius 2 is 0.806 bits per heavy atom. The number of aromatic nitrogens is 2. The summed E-state index contributed by atoms with van der Waals surface area (Å²) in [6.45, 7) is 0. The van der Waals surface area contributed by atoms with Gasteiger partial charge in [0.2, 0.25) is 0 Å². The van der Waals surface area contributed by atoms with E-state index in [1.165, 1.54) is 64.7 Å². The molecule has 0 bridgehead atoms. The first kappa shape index (κ1) is 21.2. The van der Waals surface area contributed by atoms with Crippen LogP contribution in [0.3, 0.4) is 0 Å². The van der Waals surface area contributed by atoms with Crippen molar-refractivity contribution in [1.29, 1.82) is 0 Å². The molecule has 4 heteroatoms. The molecule has 0 saturated heterocycles. The molecule has 0 unspecified atom stereocenters. The molecule has 7 rings (SSSR count). The highest BCUT2D eigenvalue weighted by molar-refractivity contribution is 7.13. The van der Waals surface area contributed by atoms with E-state index in [0.717, 1.165) is 0 Å². The number of rotatable bonds is 4. The lowest BCUT2D eigenvalue weighted by Crippen LogP contribution is -1.91. The van der Waals surface area contributed by atoms with Crippen LogP contribution in [0.5, 0.6) is 0 Å². The van der Waals surface area contributed by atoms with Crippen LogP contribution in [-0.2, 0) is 0 Å². The molecule has 36 heavy (non-hydrogen) atoms. The van der Waals surface area contributed by atoms with Crippen LogP contribution in [0.25, 0.3) is 64.7 Å². The molecule has 2 aromatic heterocycles. The molecule has 7 aromatic rings. The Kier molecular flexibility index (Phi) is 5.20. The van der Waals surface area contributed by atoms with Crippen molar-refractivity contribution in [1.82, 2.24) is 9.97 Å². The zero-order chi connectivity index (χ0) is 23.9. The molecular formula is C32H20N2S2. The molecule has 0 aliphatic rings. The smallest absolute Gasteiger partial charge is 0.0797 e. The van der Waals surface area contributed by atoms with Crippen LogP contribution in [0.1, 0.15) is 0 Å². The predicted molar refractivity (Wildman–Crippen MR) is 155 cm³/mol. The largest absolute Gasteiger partial charge is 0.252 e. The summed E-state index contributed by atoms with van der Waals surface area (Å²) >= 11 is 3.34. The molecule has 0 radical (unpaired) electrons. The van der Waals surface area contributed by atoms with Gasteiger partial charge in [-0.15, -0.1) is 22.7 Å². The minimum Gasteiger partial charge on any atom is -0.252 e. The SMILES string of the molecule is c1cc(-c2cncs2)cc(-c2c3ccccc3c(-c3cccc(-c4cncs4)c3)c3ccccc23)c1. The Balaban J connectivity index is 1.54. The quantitative estimate of drug-likeness (QED) is 0.227. The van der Waals surface area contributed by atoms with E-state index in [9.17, 15) is 0 Å². The van der Waals surface area contributed by atoms with E-state index in [4.69, 9.17) is 0 Å². The second kappa shape index (κ2) is 8.83. The summed E-state index contributed by atoms with van der Waals surface area (Å²) in [4.78, 5) is 10.9. The number of nitrogens with zero attached hydrogens (tertiary/aromatic N) is 2. The number of hydrogen-bond donors (Lipinski definition) is 0. The van der Waals surface area contributed by atoms with Crippen molar-refractivity contribution >= 4 is 44.2 Å². The molecule has 0 atom stereocenters. The molecule has 2 nitrogen and oxygen atoms in total. The van der Waals surface area contributed by atoms with Gasteiger partial charge in [-0.3, -0.25) is 9.97 Å². The van der Waals surface area contributed by atoms with Gasteiger partial charge in [0, 0.05) is 12.4 Å². The lowest BCUT2D eigenvalue weighted by molar-refractivity contribution is 1.42. The Morgan fingerprint density at radius 1 is 0.417 bits per heavy atom. The van der Waals surface area contributed by atoms with E-state index in [0.29, 0.717) is 0 Å². The Hall–Kier alpha value is -4.12. The van der Waals surface area contributed by atoms with Crippen LogP contribution >= 0.6 is 22.7 Å². The normalized spacial score (nSPS) is 11.3. The fourth-order valence-electron chi connectivity index (χ4n) is 5.12. The summed E-state index contributed by atoms with van der Waals surface area (Å²) in [5.74, 6) is 0. The number of benzene rings is 5. The second-order valence-electron chi connectivity index (χ2n) is 8.73. The van der Waals surface area contributed by atoms with E-state index < -0.39 is 0 Å². The molecule has 0 amide bonds. The van der Waals surface area contributed by atoms with Crippen molar-refractivity contribution in [2.24, 2.45) is 0 Å². The Morgan fingerprint density at radius 3 is 1.17 bits per heavy atom. The highest BCUT2D eigenvalue weighted by Crippen LogP contribution is 2.44. The van der Waals surface area contributed by atoms with Gasteiger partial charge in [0.05, 0.1) is 20.8 Å². The van der Waals surface area contributed by atoms with Crippen LogP contribution in [0.2, 0.25) is 0 Å². The van der Waals surface area contributed by atoms with E-state index >= 15 is 0 Å². The molecule has 170 valence electrons. The monoisotopic (exact) mass is 496 g/mol. The van der Waals surface area contributed by atoms with Crippen molar-refractivity contribution in [2.45, 2.75) is 0 Å². The summed E-state index contributed by atoms with van der Waals surface area (Å²) in [5.41, 5.74) is 11.2. The molecule has 0 saturated carbocycles. The molecular weight excluding hydrogens is 477 g/mol. The fraction of sp³-hybridized carbons (Fsp3) is 0. The van der Waals surface area contributed by atoms with E-state index in [-0.39, 0.29) is 0 Å². The van der Waals surface area contributed by atoms with Gasteiger partial charge in [-0.1, -0.05) is 84.9 Å². The summed E-state index contributed by atoms with van der Waals surface area (Å²) in [7, 11) is 0. The lowest BCUT2D eigenvalue weighted by Gasteiger charge is -2.18. The average molecular weight is 497 g/mol. The van der Waals surface area contributed by atoms with Gasteiger partial charge < -0.3 is 0 Å². The van der Waals surface area contributed by atoms with Crippen molar-refractivity contribution in [3.05, 3.63) is 120 Å². The van der Waals surface area contributed by atoms with Gasteiger partial charge in [0.15, 0.2) is 0 Å². The Labute approximate surface area is 217 Å². The average Bonchev–Trinajstić information content (AvgIpc) is 3.67. The number of fused-ring (bicyclic) bond motifs is 2. The molecule has 2 heterocycles. The topological polar surface area (TPSA) is 25.8 Å². The summed E-state index contributed by atoms with van der Waals surface area (Å²) in [5, 5.41) is 5.04. The molecule has 0 fully saturated rings. The molecule has 5 aromatic carbocycles. The Bertz CT molecular complexity index is 1640. The maximum atomic E-state index is 4.29. The van der Waals surface area contributed by atoms with E-state index in [1.807, 2.05) is 23.4 Å². The van der Waals surface area contributed by atoms with Gasteiger partial charge >= 0.3 is 0 Å². The number of thiazole rings is 2. The van der Waals surface area contributed by atoms with Gasteiger partial charge in [-0.2, -0.15) is 0 Å². The van der Waals surface area contributed by atoms with Crippen LogP contribution < -0.4 is 0 Å². The highest BCUT2D eigenvalue weighted by Gasteiger charge is 2.17. The van der Waals surface area contributed by atoms with Gasteiger partial charge in [0.1, 0.15) is 0 Å². The van der Waals surface area contributed by atoms with E-state index in [1.54, 1.807) is 22.7 Å². The fourth-order valence-corrected chi connectivity index (χ4v) is 6.36. The van der Waals surface area contributed by atoms with Gasteiger partial charge in [-0.05, 0) is 67.1 Å². The number of hydrogen-bond acceptors (Lipinski definition) is 4. The van der Waals surface area contributed by atoms with Crippen LogP contribution in [0.4, 0.5) is 0 Å². The minimum absolute atomic E-state index is 1.18.